The smallest absolute Gasteiger partial charge is 0.170 e. The zero-order valence-electron chi connectivity index (χ0n) is 12.1. The molecule has 0 fully saturated rings. The van der Waals surface area contributed by atoms with Gasteiger partial charge < -0.3 is 21.0 Å². The van der Waals surface area contributed by atoms with Gasteiger partial charge in [0, 0.05) is 17.8 Å². The topological polar surface area (TPSA) is 79.9 Å². The lowest BCUT2D eigenvalue weighted by Crippen LogP contribution is -2.13. The van der Waals surface area contributed by atoms with Crippen LogP contribution in [0.4, 0.5) is 5.69 Å². The highest BCUT2D eigenvalue weighted by Gasteiger charge is 2.01. The van der Waals surface area contributed by atoms with E-state index < -0.39 is 0 Å². The molecule has 0 aliphatic carbocycles. The van der Waals surface area contributed by atoms with E-state index in [0.29, 0.717) is 12.1 Å². The number of hydrogen-bond acceptors (Lipinski definition) is 4. The standard InChI is InChI=1S/C16H19N3O2/c1-11-9-14(7-8-15(11)21-2)18-10-12-3-5-13(6-4-12)16(17)19-20/h3-9,18,20H,10H2,1-2H3,(H2,17,19). The Hall–Kier alpha value is -2.69. The average Bonchev–Trinajstić information content (AvgIpc) is 2.52. The third kappa shape index (κ3) is 3.66. The molecule has 0 amide bonds. The predicted octanol–water partition coefficient (Wildman–Crippen LogP) is 2.71. The van der Waals surface area contributed by atoms with Crippen molar-refractivity contribution >= 4 is 11.5 Å². The number of oxime groups is 1. The SMILES string of the molecule is COc1ccc(NCc2ccc(C(N)=NO)cc2)cc1C. The van der Waals surface area contributed by atoms with Gasteiger partial charge in [-0.05, 0) is 36.2 Å². The van der Waals surface area contributed by atoms with E-state index in [2.05, 4.69) is 10.5 Å². The third-order valence-corrected chi connectivity index (χ3v) is 3.25. The van der Waals surface area contributed by atoms with E-state index in [-0.39, 0.29) is 5.84 Å². The molecule has 2 aromatic rings. The van der Waals surface area contributed by atoms with Gasteiger partial charge in [0.1, 0.15) is 5.75 Å². The van der Waals surface area contributed by atoms with E-state index in [1.165, 1.54) is 0 Å². The normalized spacial score (nSPS) is 11.2. The lowest BCUT2D eigenvalue weighted by Gasteiger charge is -2.10. The van der Waals surface area contributed by atoms with Crippen molar-refractivity contribution in [3.63, 3.8) is 0 Å². The van der Waals surface area contributed by atoms with Crippen LogP contribution < -0.4 is 15.8 Å². The molecule has 2 aromatic carbocycles. The molecule has 110 valence electrons. The van der Waals surface area contributed by atoms with Crippen LogP contribution in [0.5, 0.6) is 5.75 Å². The van der Waals surface area contributed by atoms with Crippen molar-refractivity contribution in [2.75, 3.05) is 12.4 Å². The van der Waals surface area contributed by atoms with Crippen LogP contribution in [0.2, 0.25) is 0 Å². The van der Waals surface area contributed by atoms with E-state index in [0.717, 1.165) is 22.6 Å². The minimum atomic E-state index is 0.111. The Labute approximate surface area is 124 Å². The minimum Gasteiger partial charge on any atom is -0.496 e. The Kier molecular flexibility index (Phi) is 4.66. The van der Waals surface area contributed by atoms with Gasteiger partial charge >= 0.3 is 0 Å². The highest BCUT2D eigenvalue weighted by atomic mass is 16.5. The molecule has 4 N–H and O–H groups in total. The fourth-order valence-corrected chi connectivity index (χ4v) is 2.04. The van der Waals surface area contributed by atoms with E-state index >= 15 is 0 Å². The molecular formula is C16H19N3O2. The third-order valence-electron chi connectivity index (χ3n) is 3.25. The van der Waals surface area contributed by atoms with E-state index in [9.17, 15) is 0 Å². The molecule has 2 rings (SSSR count). The second kappa shape index (κ2) is 6.65. The largest absolute Gasteiger partial charge is 0.496 e. The molecule has 0 saturated heterocycles. The van der Waals surface area contributed by atoms with Crippen molar-refractivity contribution in [3.8, 4) is 5.75 Å². The molecular weight excluding hydrogens is 266 g/mol. The molecule has 0 saturated carbocycles. The summed E-state index contributed by atoms with van der Waals surface area (Å²) in [5.74, 6) is 0.990. The molecule has 5 nitrogen and oxygen atoms in total. The van der Waals surface area contributed by atoms with Crippen molar-refractivity contribution in [1.82, 2.24) is 0 Å². The summed E-state index contributed by atoms with van der Waals surface area (Å²) >= 11 is 0. The fourth-order valence-electron chi connectivity index (χ4n) is 2.04. The van der Waals surface area contributed by atoms with Crippen LogP contribution in [0.1, 0.15) is 16.7 Å². The summed E-state index contributed by atoms with van der Waals surface area (Å²) in [6.45, 7) is 2.71. The monoisotopic (exact) mass is 285 g/mol. The Morgan fingerprint density at radius 3 is 2.52 bits per heavy atom. The Balaban J connectivity index is 2.01. The molecule has 0 atom stereocenters. The van der Waals surface area contributed by atoms with Crippen LogP contribution in [0.3, 0.4) is 0 Å². The maximum Gasteiger partial charge on any atom is 0.170 e. The Morgan fingerprint density at radius 2 is 1.95 bits per heavy atom. The second-order valence-corrected chi connectivity index (χ2v) is 4.72. The highest BCUT2D eigenvalue weighted by molar-refractivity contribution is 5.96. The number of anilines is 1. The van der Waals surface area contributed by atoms with E-state index in [4.69, 9.17) is 15.7 Å². The fraction of sp³-hybridized carbons (Fsp3) is 0.188. The van der Waals surface area contributed by atoms with Crippen LogP contribution in [0.15, 0.2) is 47.6 Å². The number of aryl methyl sites for hydroxylation is 1. The van der Waals surface area contributed by atoms with Crippen molar-refractivity contribution in [3.05, 3.63) is 59.2 Å². The first-order valence-electron chi connectivity index (χ1n) is 6.59. The van der Waals surface area contributed by atoms with Crippen molar-refractivity contribution < 1.29 is 9.94 Å². The summed E-state index contributed by atoms with van der Waals surface area (Å²) in [5, 5.41) is 14.9. The van der Waals surface area contributed by atoms with Crippen LogP contribution in [0.25, 0.3) is 0 Å². The summed E-state index contributed by atoms with van der Waals surface area (Å²) in [4.78, 5) is 0. The molecule has 0 aliphatic rings. The van der Waals surface area contributed by atoms with Gasteiger partial charge in [-0.25, -0.2) is 0 Å². The minimum absolute atomic E-state index is 0.111. The molecule has 0 aromatic heterocycles. The molecule has 0 radical (unpaired) electrons. The van der Waals surface area contributed by atoms with Gasteiger partial charge in [0.05, 0.1) is 7.11 Å². The maximum atomic E-state index is 8.62. The second-order valence-electron chi connectivity index (χ2n) is 4.72. The van der Waals surface area contributed by atoms with Crippen LogP contribution >= 0.6 is 0 Å². The van der Waals surface area contributed by atoms with Gasteiger partial charge in [-0.1, -0.05) is 29.4 Å². The number of benzene rings is 2. The molecule has 0 heterocycles. The maximum absolute atomic E-state index is 8.62. The average molecular weight is 285 g/mol. The van der Waals surface area contributed by atoms with E-state index in [1.54, 1.807) is 7.11 Å². The number of amidine groups is 1. The van der Waals surface area contributed by atoms with Crippen molar-refractivity contribution in [2.45, 2.75) is 13.5 Å². The van der Waals surface area contributed by atoms with E-state index in [1.807, 2.05) is 49.4 Å². The van der Waals surface area contributed by atoms with Gasteiger partial charge in [0.2, 0.25) is 0 Å². The van der Waals surface area contributed by atoms with Gasteiger partial charge in [-0.3, -0.25) is 0 Å². The predicted molar refractivity (Wildman–Crippen MR) is 84.0 cm³/mol. The van der Waals surface area contributed by atoms with Crippen LogP contribution in [-0.2, 0) is 6.54 Å². The molecule has 5 heteroatoms. The molecule has 21 heavy (non-hydrogen) atoms. The summed E-state index contributed by atoms with van der Waals surface area (Å²) in [5.41, 5.74) is 9.45. The lowest BCUT2D eigenvalue weighted by atomic mass is 10.1. The van der Waals surface area contributed by atoms with Gasteiger partial charge in [0.15, 0.2) is 5.84 Å². The first kappa shape index (κ1) is 14.7. The number of methoxy groups -OCH3 is 1. The molecule has 0 bridgehead atoms. The summed E-state index contributed by atoms with van der Waals surface area (Å²) in [6.07, 6.45) is 0. The molecule has 0 unspecified atom stereocenters. The van der Waals surface area contributed by atoms with Crippen LogP contribution in [0, 0.1) is 6.92 Å². The molecule has 0 aliphatic heterocycles. The van der Waals surface area contributed by atoms with Crippen LogP contribution in [-0.4, -0.2) is 18.2 Å². The number of nitrogens with two attached hydrogens (primary N) is 1. The zero-order chi connectivity index (χ0) is 15.2. The quantitative estimate of drug-likeness (QED) is 0.341. The Bertz CT molecular complexity index is 636. The zero-order valence-corrected chi connectivity index (χ0v) is 12.1. The highest BCUT2D eigenvalue weighted by Crippen LogP contribution is 2.21. The van der Waals surface area contributed by atoms with Crippen molar-refractivity contribution in [2.24, 2.45) is 10.9 Å². The summed E-state index contributed by atoms with van der Waals surface area (Å²) in [7, 11) is 1.67. The first-order chi connectivity index (χ1) is 10.1. The number of nitrogens with one attached hydrogen (secondary N) is 1. The number of nitrogens with zero attached hydrogens (tertiary/aromatic N) is 1. The van der Waals surface area contributed by atoms with Gasteiger partial charge in [-0.15, -0.1) is 0 Å². The number of ether oxygens (including phenoxy) is 1. The summed E-state index contributed by atoms with van der Waals surface area (Å²) < 4.78 is 5.24. The molecule has 0 spiro atoms. The van der Waals surface area contributed by atoms with Crippen molar-refractivity contribution in [1.29, 1.82) is 0 Å². The lowest BCUT2D eigenvalue weighted by molar-refractivity contribution is 0.318. The summed E-state index contributed by atoms with van der Waals surface area (Å²) in [6, 6.07) is 13.5. The number of hydrogen-bond donors (Lipinski definition) is 3. The first-order valence-corrected chi connectivity index (χ1v) is 6.59. The Morgan fingerprint density at radius 1 is 1.24 bits per heavy atom. The van der Waals surface area contributed by atoms with Gasteiger partial charge in [-0.2, -0.15) is 0 Å². The number of rotatable bonds is 5. The van der Waals surface area contributed by atoms with Gasteiger partial charge in [0.25, 0.3) is 0 Å².